The number of halogens is 1. The fraction of sp³-hybridized carbons (Fsp3) is 0.200. The number of anilines is 1. The zero-order valence-corrected chi connectivity index (χ0v) is 15.5. The minimum absolute atomic E-state index is 0.116. The van der Waals surface area contributed by atoms with E-state index in [9.17, 15) is 18.8 Å². The van der Waals surface area contributed by atoms with Gasteiger partial charge in [0.25, 0.3) is 17.6 Å². The lowest BCUT2D eigenvalue weighted by atomic mass is 10.1. The lowest BCUT2D eigenvalue weighted by molar-refractivity contribution is -0.116. The largest absolute Gasteiger partial charge is 0.341 e. The van der Waals surface area contributed by atoms with E-state index in [1.54, 1.807) is 19.1 Å². The molecule has 2 aromatic rings. The third-order valence-corrected chi connectivity index (χ3v) is 4.24. The van der Waals surface area contributed by atoms with Gasteiger partial charge in [0.05, 0.1) is 23.7 Å². The number of nitrogens with one attached hydrogen (secondary N) is 2. The van der Waals surface area contributed by atoms with Gasteiger partial charge >= 0.3 is 0 Å². The van der Waals surface area contributed by atoms with Crippen molar-refractivity contribution in [1.29, 1.82) is 5.26 Å². The number of rotatable bonds is 5. The lowest BCUT2D eigenvalue weighted by Crippen LogP contribution is -2.32. The molecule has 2 amide bonds. The quantitative estimate of drug-likeness (QED) is 0.469. The number of ketones is 1. The lowest BCUT2D eigenvalue weighted by Gasteiger charge is -2.08. The Morgan fingerprint density at radius 1 is 1.29 bits per heavy atom. The zero-order chi connectivity index (χ0) is 21.0. The monoisotopic (exact) mass is 380 g/mol. The first kappa shape index (κ1) is 20.4. The minimum atomic E-state index is -1.12. The number of Topliss-reactive ketones (excluding diaryl/α,β-unsaturated/α-hetero) is 1. The molecule has 0 saturated carbocycles. The van der Waals surface area contributed by atoms with Crippen LogP contribution in [0.1, 0.15) is 37.7 Å². The number of amides is 2. The van der Waals surface area contributed by atoms with Crippen molar-refractivity contribution in [3.63, 3.8) is 0 Å². The van der Waals surface area contributed by atoms with Crippen molar-refractivity contribution in [2.45, 2.75) is 13.8 Å². The number of hydrogen-bond acceptors (Lipinski definition) is 4. The molecule has 0 aliphatic rings. The van der Waals surface area contributed by atoms with Gasteiger partial charge in [0, 0.05) is 18.4 Å². The number of benzene rings is 1. The van der Waals surface area contributed by atoms with Crippen LogP contribution in [0.25, 0.3) is 0 Å². The molecule has 0 saturated heterocycles. The highest BCUT2D eigenvalue weighted by Crippen LogP contribution is 2.23. The smallest absolute Gasteiger partial charge is 0.293 e. The van der Waals surface area contributed by atoms with Gasteiger partial charge in [-0.3, -0.25) is 14.4 Å². The second kappa shape index (κ2) is 8.19. The molecule has 0 radical (unpaired) electrons. The molecule has 8 heteroatoms. The van der Waals surface area contributed by atoms with Gasteiger partial charge in [-0.1, -0.05) is 12.0 Å². The summed E-state index contributed by atoms with van der Waals surface area (Å²) < 4.78 is 16.1. The van der Waals surface area contributed by atoms with Gasteiger partial charge in [-0.05, 0) is 31.5 Å². The Morgan fingerprint density at radius 3 is 2.57 bits per heavy atom. The van der Waals surface area contributed by atoms with Gasteiger partial charge in [0.2, 0.25) is 0 Å². The van der Waals surface area contributed by atoms with Crippen LogP contribution in [0.15, 0.2) is 18.2 Å². The molecule has 7 nitrogen and oxygen atoms in total. The van der Waals surface area contributed by atoms with Crippen LogP contribution in [0.4, 0.5) is 10.1 Å². The first-order chi connectivity index (χ1) is 13.2. The molecule has 0 aliphatic heterocycles. The fourth-order valence-corrected chi connectivity index (χ4v) is 2.61. The van der Waals surface area contributed by atoms with Crippen molar-refractivity contribution in [3.05, 3.63) is 52.1 Å². The number of aryl methyl sites for hydroxylation is 1. The molecule has 142 valence electrons. The molecule has 0 spiro atoms. The number of nitrogens with zero attached hydrogens (tertiary/aromatic N) is 2. The van der Waals surface area contributed by atoms with Gasteiger partial charge in [-0.15, -0.1) is 6.42 Å². The van der Waals surface area contributed by atoms with E-state index in [2.05, 4.69) is 16.6 Å². The van der Waals surface area contributed by atoms with Gasteiger partial charge in [-0.2, -0.15) is 5.26 Å². The predicted octanol–water partition coefficient (Wildman–Crippen LogP) is 1.84. The molecule has 0 atom stereocenters. The van der Waals surface area contributed by atoms with E-state index >= 15 is 0 Å². The molecular formula is C20H17FN4O3. The van der Waals surface area contributed by atoms with Crippen LogP contribution < -0.4 is 10.6 Å². The maximum Gasteiger partial charge on any atom is 0.293 e. The van der Waals surface area contributed by atoms with Gasteiger partial charge in [0.1, 0.15) is 5.69 Å². The Kier molecular flexibility index (Phi) is 5.97. The van der Waals surface area contributed by atoms with E-state index < -0.39 is 34.7 Å². The average Bonchev–Trinajstić information content (AvgIpc) is 2.89. The number of aromatic nitrogens is 1. The van der Waals surface area contributed by atoms with Crippen LogP contribution in [0, 0.1) is 43.3 Å². The molecule has 1 aromatic carbocycles. The summed E-state index contributed by atoms with van der Waals surface area (Å²) in [5.74, 6) is -1.97. The number of terminal acetylenes is 1. The van der Waals surface area contributed by atoms with Crippen LogP contribution in [0.5, 0.6) is 0 Å². The van der Waals surface area contributed by atoms with E-state index in [1.165, 1.54) is 24.6 Å². The Balaban J connectivity index is 2.38. The molecule has 0 fully saturated rings. The summed E-state index contributed by atoms with van der Waals surface area (Å²) in [4.78, 5) is 36.7. The predicted molar refractivity (Wildman–Crippen MR) is 100 cm³/mol. The van der Waals surface area contributed by atoms with Crippen LogP contribution in [-0.4, -0.2) is 28.7 Å². The number of carbonyl (C=O) groups excluding carboxylic acids is 3. The van der Waals surface area contributed by atoms with Gasteiger partial charge < -0.3 is 15.2 Å². The van der Waals surface area contributed by atoms with Crippen LogP contribution >= 0.6 is 0 Å². The Labute approximate surface area is 161 Å². The fourth-order valence-electron chi connectivity index (χ4n) is 2.61. The molecule has 1 aromatic heterocycles. The van der Waals surface area contributed by atoms with E-state index in [0.29, 0.717) is 11.3 Å². The van der Waals surface area contributed by atoms with Crippen molar-refractivity contribution < 1.29 is 18.8 Å². The molecule has 0 bridgehead atoms. The maximum absolute atomic E-state index is 14.9. The number of hydrogen-bond donors (Lipinski definition) is 2. The Morgan fingerprint density at radius 2 is 1.96 bits per heavy atom. The van der Waals surface area contributed by atoms with Crippen molar-refractivity contribution in [1.82, 2.24) is 9.88 Å². The minimum Gasteiger partial charge on any atom is -0.341 e. The molecule has 28 heavy (non-hydrogen) atoms. The second-order valence-corrected chi connectivity index (χ2v) is 5.99. The summed E-state index contributed by atoms with van der Waals surface area (Å²) in [5, 5.41) is 13.7. The molecule has 2 N–H and O–H groups in total. The van der Waals surface area contributed by atoms with Crippen molar-refractivity contribution in [3.8, 4) is 18.4 Å². The third-order valence-electron chi connectivity index (χ3n) is 4.24. The normalized spacial score (nSPS) is 9.93. The average molecular weight is 380 g/mol. The third kappa shape index (κ3) is 3.76. The Hall–Kier alpha value is -3.91. The van der Waals surface area contributed by atoms with Crippen LogP contribution in [-0.2, 0) is 11.8 Å². The topological polar surface area (TPSA) is 104 Å². The molecule has 0 unspecified atom stereocenters. The van der Waals surface area contributed by atoms with E-state index in [-0.39, 0.29) is 12.2 Å². The molecule has 1 heterocycles. The molecular weight excluding hydrogens is 363 g/mol. The molecule has 2 rings (SSSR count). The standard InChI is InChI=1S/C20H17FN4O3/c1-5-8-23-20(28)18(26)15-12(3)25(4)17(16(15)21)19(27)24-14-7-6-11(2)13(9-14)10-22/h1,6-7,9H,8H2,2-4H3,(H,23,28)(H,24,27). The van der Waals surface area contributed by atoms with Crippen molar-refractivity contribution in [2.75, 3.05) is 11.9 Å². The first-order valence-electron chi connectivity index (χ1n) is 8.15. The molecule has 0 aliphatic carbocycles. The van der Waals surface area contributed by atoms with Gasteiger partial charge in [-0.25, -0.2) is 4.39 Å². The summed E-state index contributed by atoms with van der Waals surface area (Å²) in [6.45, 7) is 2.98. The highest BCUT2D eigenvalue weighted by Gasteiger charge is 2.31. The number of carbonyl (C=O) groups is 3. The summed E-state index contributed by atoms with van der Waals surface area (Å²) in [6, 6.07) is 6.67. The SMILES string of the molecule is C#CCNC(=O)C(=O)c1c(F)c(C(=O)Nc2ccc(C)c(C#N)c2)n(C)c1C. The summed E-state index contributed by atoms with van der Waals surface area (Å²) in [6.07, 6.45) is 5.02. The Bertz CT molecular complexity index is 1070. The highest BCUT2D eigenvalue weighted by molar-refractivity contribution is 6.43. The van der Waals surface area contributed by atoms with E-state index in [4.69, 9.17) is 11.7 Å². The summed E-state index contributed by atoms with van der Waals surface area (Å²) >= 11 is 0. The second-order valence-electron chi connectivity index (χ2n) is 5.99. The number of nitriles is 1. The van der Waals surface area contributed by atoms with Crippen LogP contribution in [0.2, 0.25) is 0 Å². The van der Waals surface area contributed by atoms with Crippen molar-refractivity contribution >= 4 is 23.3 Å². The van der Waals surface area contributed by atoms with Crippen LogP contribution in [0.3, 0.4) is 0 Å². The zero-order valence-electron chi connectivity index (χ0n) is 15.5. The van der Waals surface area contributed by atoms with E-state index in [1.807, 2.05) is 6.07 Å². The summed E-state index contributed by atoms with van der Waals surface area (Å²) in [7, 11) is 1.40. The van der Waals surface area contributed by atoms with Gasteiger partial charge in [0.15, 0.2) is 5.82 Å². The first-order valence-corrected chi connectivity index (χ1v) is 8.15. The van der Waals surface area contributed by atoms with Crippen molar-refractivity contribution in [2.24, 2.45) is 7.05 Å². The highest BCUT2D eigenvalue weighted by atomic mass is 19.1. The van der Waals surface area contributed by atoms with E-state index in [0.717, 1.165) is 5.56 Å². The maximum atomic E-state index is 14.9. The summed E-state index contributed by atoms with van der Waals surface area (Å²) in [5.41, 5.74) is 0.596.